The predicted octanol–water partition coefficient (Wildman–Crippen LogP) is 3.76. The number of hydrogen-bond donors (Lipinski definition) is 0. The monoisotopic (exact) mass is 351 g/mol. The second kappa shape index (κ2) is 6.24. The molecule has 7 heteroatoms. The van der Waals surface area contributed by atoms with Gasteiger partial charge in [-0.25, -0.2) is 0 Å². The van der Waals surface area contributed by atoms with Crippen LogP contribution in [0.1, 0.15) is 53.0 Å². The van der Waals surface area contributed by atoms with Gasteiger partial charge in [-0.05, 0) is 43.7 Å². The number of amides is 1. The normalized spacial score (nSPS) is 21.6. The fourth-order valence-corrected chi connectivity index (χ4v) is 4.12. The van der Waals surface area contributed by atoms with Gasteiger partial charge in [0.1, 0.15) is 0 Å². The van der Waals surface area contributed by atoms with E-state index in [1.54, 1.807) is 12.1 Å². The fraction of sp³-hybridized carbons (Fsp3) is 0.562. The van der Waals surface area contributed by atoms with Crippen LogP contribution < -0.4 is 0 Å². The average molecular weight is 352 g/mol. The van der Waals surface area contributed by atoms with Gasteiger partial charge in [0.25, 0.3) is 5.91 Å². The molecule has 1 aliphatic heterocycles. The molecule has 1 unspecified atom stereocenters. The van der Waals surface area contributed by atoms with Crippen molar-refractivity contribution in [3.05, 3.63) is 33.1 Å². The largest absolute Gasteiger partial charge is 0.339 e. The number of hydrogen-bond acceptors (Lipinski definition) is 5. The third kappa shape index (κ3) is 3.43. The van der Waals surface area contributed by atoms with Crippen LogP contribution in [0.2, 0.25) is 4.34 Å². The SMILES string of the molecule is O=C(c1ccc(Cl)s1)N1CCCC(Cc2nc(C3CC3)no2)C1. The molecule has 0 bridgehead atoms. The summed E-state index contributed by atoms with van der Waals surface area (Å²) in [6.45, 7) is 1.55. The zero-order chi connectivity index (χ0) is 15.8. The van der Waals surface area contributed by atoms with Crippen LogP contribution in [-0.4, -0.2) is 34.0 Å². The highest BCUT2D eigenvalue weighted by Crippen LogP contribution is 2.38. The summed E-state index contributed by atoms with van der Waals surface area (Å²) >= 11 is 7.27. The summed E-state index contributed by atoms with van der Waals surface area (Å²) in [5.41, 5.74) is 0. The first kappa shape index (κ1) is 15.1. The Morgan fingerprint density at radius 3 is 3.00 bits per heavy atom. The molecule has 5 nitrogen and oxygen atoms in total. The molecule has 0 radical (unpaired) electrons. The Balaban J connectivity index is 1.39. The summed E-state index contributed by atoms with van der Waals surface area (Å²) < 4.78 is 6.03. The van der Waals surface area contributed by atoms with E-state index in [9.17, 15) is 4.79 Å². The number of thiophene rings is 1. The number of carbonyl (C=O) groups is 1. The number of likely N-dealkylation sites (tertiary alicyclic amines) is 1. The molecule has 2 aromatic heterocycles. The first-order valence-corrected chi connectivity index (χ1v) is 9.25. The lowest BCUT2D eigenvalue weighted by Crippen LogP contribution is -2.40. The second-order valence-corrected chi connectivity index (χ2v) is 8.10. The van der Waals surface area contributed by atoms with Crippen molar-refractivity contribution in [2.24, 2.45) is 5.92 Å². The molecule has 1 atom stereocenters. The molecule has 2 aromatic rings. The van der Waals surface area contributed by atoms with Crippen LogP contribution in [0.15, 0.2) is 16.7 Å². The van der Waals surface area contributed by atoms with Crippen LogP contribution in [0.25, 0.3) is 0 Å². The Bertz CT molecular complexity index is 710. The first-order valence-electron chi connectivity index (χ1n) is 8.06. The van der Waals surface area contributed by atoms with E-state index in [1.165, 1.54) is 24.2 Å². The van der Waals surface area contributed by atoms with Gasteiger partial charge in [-0.2, -0.15) is 4.98 Å². The van der Waals surface area contributed by atoms with Gasteiger partial charge in [0.2, 0.25) is 5.89 Å². The van der Waals surface area contributed by atoms with E-state index in [-0.39, 0.29) is 5.91 Å². The topological polar surface area (TPSA) is 59.2 Å². The third-order valence-corrected chi connectivity index (χ3v) is 5.70. The zero-order valence-electron chi connectivity index (χ0n) is 12.7. The second-order valence-electron chi connectivity index (χ2n) is 6.39. The molecule has 2 fully saturated rings. The van der Waals surface area contributed by atoms with Crippen LogP contribution in [0, 0.1) is 5.92 Å². The lowest BCUT2D eigenvalue weighted by atomic mass is 9.94. The van der Waals surface area contributed by atoms with Crippen molar-refractivity contribution in [1.82, 2.24) is 15.0 Å². The molecule has 0 N–H and O–H groups in total. The van der Waals surface area contributed by atoms with Gasteiger partial charge in [0.15, 0.2) is 5.82 Å². The van der Waals surface area contributed by atoms with Crippen molar-refractivity contribution in [3.8, 4) is 0 Å². The van der Waals surface area contributed by atoms with Crippen LogP contribution in [0.5, 0.6) is 0 Å². The van der Waals surface area contributed by atoms with Crippen molar-refractivity contribution >= 4 is 28.8 Å². The van der Waals surface area contributed by atoms with E-state index in [4.69, 9.17) is 16.1 Å². The Morgan fingerprint density at radius 2 is 2.26 bits per heavy atom. The Morgan fingerprint density at radius 1 is 1.39 bits per heavy atom. The first-order chi connectivity index (χ1) is 11.2. The minimum atomic E-state index is 0.0794. The summed E-state index contributed by atoms with van der Waals surface area (Å²) in [5, 5.41) is 4.07. The van der Waals surface area contributed by atoms with E-state index >= 15 is 0 Å². The van der Waals surface area contributed by atoms with E-state index in [1.807, 2.05) is 4.90 Å². The Hall–Kier alpha value is -1.40. The van der Waals surface area contributed by atoms with Gasteiger partial charge >= 0.3 is 0 Å². The van der Waals surface area contributed by atoms with Crippen molar-refractivity contribution in [2.45, 2.75) is 38.0 Å². The quantitative estimate of drug-likeness (QED) is 0.841. The minimum Gasteiger partial charge on any atom is -0.339 e. The molecule has 1 saturated carbocycles. The highest BCUT2D eigenvalue weighted by molar-refractivity contribution is 7.17. The van der Waals surface area contributed by atoms with Gasteiger partial charge in [0, 0.05) is 25.4 Å². The summed E-state index contributed by atoms with van der Waals surface area (Å²) in [5.74, 6) is 2.55. The van der Waals surface area contributed by atoms with Crippen molar-refractivity contribution < 1.29 is 9.32 Å². The maximum Gasteiger partial charge on any atom is 0.263 e. The van der Waals surface area contributed by atoms with E-state index < -0.39 is 0 Å². The molecular weight excluding hydrogens is 334 g/mol. The molecule has 0 aromatic carbocycles. The highest BCUT2D eigenvalue weighted by atomic mass is 35.5. The van der Waals surface area contributed by atoms with Crippen molar-refractivity contribution in [3.63, 3.8) is 0 Å². The highest BCUT2D eigenvalue weighted by Gasteiger charge is 2.30. The molecule has 122 valence electrons. The molecule has 0 spiro atoms. The van der Waals surface area contributed by atoms with Crippen LogP contribution >= 0.6 is 22.9 Å². The molecule has 1 amide bonds. The zero-order valence-corrected chi connectivity index (χ0v) is 14.3. The maximum atomic E-state index is 12.5. The number of carbonyl (C=O) groups excluding carboxylic acids is 1. The fourth-order valence-electron chi connectivity index (χ4n) is 3.11. The predicted molar refractivity (Wildman–Crippen MR) is 87.9 cm³/mol. The lowest BCUT2D eigenvalue weighted by molar-refractivity contribution is 0.0673. The van der Waals surface area contributed by atoms with Gasteiger partial charge in [-0.15, -0.1) is 11.3 Å². The van der Waals surface area contributed by atoms with Crippen LogP contribution in [0.3, 0.4) is 0 Å². The summed E-state index contributed by atoms with van der Waals surface area (Å²) in [6, 6.07) is 3.58. The molecule has 3 heterocycles. The molecule has 23 heavy (non-hydrogen) atoms. The smallest absolute Gasteiger partial charge is 0.263 e. The number of rotatable bonds is 4. The van der Waals surface area contributed by atoms with Crippen molar-refractivity contribution in [1.29, 1.82) is 0 Å². The van der Waals surface area contributed by atoms with E-state index in [0.717, 1.165) is 38.2 Å². The van der Waals surface area contributed by atoms with Gasteiger partial charge < -0.3 is 9.42 Å². The average Bonchev–Trinajstić information content (AvgIpc) is 3.16. The number of aromatic nitrogens is 2. The number of piperidine rings is 1. The molecular formula is C16H18ClN3O2S. The minimum absolute atomic E-state index is 0.0794. The lowest BCUT2D eigenvalue weighted by Gasteiger charge is -2.31. The van der Waals surface area contributed by atoms with Gasteiger partial charge in [-0.1, -0.05) is 16.8 Å². The van der Waals surface area contributed by atoms with Crippen LogP contribution in [0.4, 0.5) is 0 Å². The molecule has 2 aliphatic rings. The number of halogens is 1. The third-order valence-electron chi connectivity index (χ3n) is 4.48. The van der Waals surface area contributed by atoms with Gasteiger partial charge in [-0.3, -0.25) is 4.79 Å². The standard InChI is InChI=1S/C16H18ClN3O2S/c17-13-6-5-12(23-13)16(21)20-7-1-2-10(9-20)8-14-18-15(19-22-14)11-3-4-11/h5-6,10-11H,1-4,7-9H2. The van der Waals surface area contributed by atoms with Crippen LogP contribution in [-0.2, 0) is 6.42 Å². The summed E-state index contributed by atoms with van der Waals surface area (Å²) in [6.07, 6.45) is 5.21. The van der Waals surface area contributed by atoms with Crippen molar-refractivity contribution in [2.75, 3.05) is 13.1 Å². The summed E-state index contributed by atoms with van der Waals surface area (Å²) in [7, 11) is 0. The van der Waals surface area contributed by atoms with E-state index in [2.05, 4.69) is 10.1 Å². The molecule has 1 aliphatic carbocycles. The van der Waals surface area contributed by atoms with Gasteiger partial charge in [0.05, 0.1) is 9.21 Å². The Labute approximate surface area is 143 Å². The number of nitrogens with zero attached hydrogens (tertiary/aromatic N) is 3. The summed E-state index contributed by atoms with van der Waals surface area (Å²) in [4.78, 5) is 19.7. The molecule has 4 rings (SSSR count). The van der Waals surface area contributed by atoms with E-state index in [0.29, 0.717) is 26.9 Å². The maximum absolute atomic E-state index is 12.5. The Kier molecular flexibility index (Phi) is 4.11. The molecule has 1 saturated heterocycles.